The highest BCUT2D eigenvalue weighted by molar-refractivity contribution is 7.09. The lowest BCUT2D eigenvalue weighted by molar-refractivity contribution is 0.288. The van der Waals surface area contributed by atoms with Gasteiger partial charge in [-0.1, -0.05) is 0 Å². The van der Waals surface area contributed by atoms with Crippen molar-refractivity contribution in [1.29, 1.82) is 0 Å². The highest BCUT2D eigenvalue weighted by Crippen LogP contribution is 2.23. The van der Waals surface area contributed by atoms with Crippen LogP contribution in [0.4, 0.5) is 8.78 Å². The van der Waals surface area contributed by atoms with Gasteiger partial charge in [0, 0.05) is 17.8 Å². The number of nitrogens with zero attached hydrogens (tertiary/aromatic N) is 1. The number of benzene rings is 1. The Balaban J connectivity index is 2.02. The monoisotopic (exact) mass is 284 g/mol. The number of aryl methyl sites for hydroxylation is 1. The Morgan fingerprint density at radius 3 is 2.53 bits per heavy atom. The minimum absolute atomic E-state index is 0.0914. The van der Waals surface area contributed by atoms with E-state index in [2.05, 4.69) is 4.98 Å². The van der Waals surface area contributed by atoms with E-state index in [0.29, 0.717) is 12.0 Å². The Kier molecular flexibility index (Phi) is 4.44. The van der Waals surface area contributed by atoms with Gasteiger partial charge in [0.2, 0.25) is 0 Å². The normalized spacial score (nSPS) is 10.7. The summed E-state index contributed by atoms with van der Waals surface area (Å²) in [5.74, 6) is -1.79. The zero-order valence-corrected chi connectivity index (χ0v) is 11.3. The number of hydrogen-bond donors (Lipinski definition) is 1. The third-order valence-electron chi connectivity index (χ3n) is 2.71. The summed E-state index contributed by atoms with van der Waals surface area (Å²) < 4.78 is 32.4. The molecule has 2 N–H and O–H groups in total. The van der Waals surface area contributed by atoms with Crippen molar-refractivity contribution in [1.82, 2.24) is 4.98 Å². The predicted molar refractivity (Wildman–Crippen MR) is 70.3 cm³/mol. The summed E-state index contributed by atoms with van der Waals surface area (Å²) in [7, 11) is 0. The van der Waals surface area contributed by atoms with Gasteiger partial charge in [-0.2, -0.15) is 0 Å². The maximum Gasteiger partial charge on any atom is 0.190 e. The van der Waals surface area contributed by atoms with Gasteiger partial charge in [-0.3, -0.25) is 0 Å². The first kappa shape index (κ1) is 13.9. The van der Waals surface area contributed by atoms with E-state index in [9.17, 15) is 8.78 Å². The molecular weight excluding hydrogens is 270 g/mol. The van der Waals surface area contributed by atoms with Crippen LogP contribution in [-0.2, 0) is 13.0 Å². The van der Waals surface area contributed by atoms with Crippen LogP contribution in [-0.4, -0.2) is 11.6 Å². The molecule has 0 radical (unpaired) electrons. The molecular formula is C13H14F2N2OS. The molecule has 2 rings (SSSR count). The van der Waals surface area contributed by atoms with Gasteiger partial charge in [-0.15, -0.1) is 11.3 Å². The molecule has 1 aromatic heterocycles. The van der Waals surface area contributed by atoms with Crippen LogP contribution < -0.4 is 10.5 Å². The number of rotatable bonds is 5. The summed E-state index contributed by atoms with van der Waals surface area (Å²) in [4.78, 5) is 5.16. The van der Waals surface area contributed by atoms with Crippen molar-refractivity contribution in [2.24, 2.45) is 5.73 Å². The van der Waals surface area contributed by atoms with E-state index in [-0.39, 0.29) is 18.9 Å². The van der Waals surface area contributed by atoms with Gasteiger partial charge in [0.1, 0.15) is 0 Å². The molecule has 3 nitrogen and oxygen atoms in total. The summed E-state index contributed by atoms with van der Waals surface area (Å²) in [5.41, 5.74) is 8.40. The average Bonchev–Trinajstić information content (AvgIpc) is 2.78. The van der Waals surface area contributed by atoms with Crippen molar-refractivity contribution in [3.8, 4) is 5.75 Å². The minimum Gasteiger partial charge on any atom is -0.487 e. The average molecular weight is 284 g/mol. The molecule has 0 unspecified atom stereocenters. The van der Waals surface area contributed by atoms with E-state index < -0.39 is 11.6 Å². The Morgan fingerprint density at radius 1 is 1.32 bits per heavy atom. The van der Waals surface area contributed by atoms with Crippen LogP contribution in [0.5, 0.6) is 5.75 Å². The standard InChI is InChI=1S/C13H14F2N2OS/c1-8-12(19-7-17-8)2-3-18-13-10(14)4-9(6-16)5-11(13)15/h4-5,7H,2-3,6,16H2,1H3. The fourth-order valence-electron chi connectivity index (χ4n) is 1.68. The molecule has 0 bridgehead atoms. The van der Waals surface area contributed by atoms with Crippen LogP contribution in [0.25, 0.3) is 0 Å². The Bertz CT molecular complexity index is 549. The molecule has 0 spiro atoms. The van der Waals surface area contributed by atoms with E-state index in [4.69, 9.17) is 10.5 Å². The highest BCUT2D eigenvalue weighted by Gasteiger charge is 2.12. The summed E-state index contributed by atoms with van der Waals surface area (Å²) in [6, 6.07) is 2.38. The predicted octanol–water partition coefficient (Wildman–Crippen LogP) is 2.81. The molecule has 0 atom stereocenters. The highest BCUT2D eigenvalue weighted by atomic mass is 32.1. The maximum absolute atomic E-state index is 13.6. The number of thiazole rings is 1. The SMILES string of the molecule is Cc1ncsc1CCOc1c(F)cc(CN)cc1F. The molecule has 2 aromatic rings. The van der Waals surface area contributed by atoms with Crippen molar-refractivity contribution >= 4 is 11.3 Å². The van der Waals surface area contributed by atoms with Crippen molar-refractivity contribution in [3.63, 3.8) is 0 Å². The van der Waals surface area contributed by atoms with Gasteiger partial charge in [0.15, 0.2) is 17.4 Å². The van der Waals surface area contributed by atoms with E-state index in [1.165, 1.54) is 23.5 Å². The van der Waals surface area contributed by atoms with Gasteiger partial charge in [0.25, 0.3) is 0 Å². The maximum atomic E-state index is 13.6. The topological polar surface area (TPSA) is 48.1 Å². The summed E-state index contributed by atoms with van der Waals surface area (Å²) in [6.07, 6.45) is 0.577. The summed E-state index contributed by atoms with van der Waals surface area (Å²) in [5, 5.41) is 0. The first-order chi connectivity index (χ1) is 9.11. The molecule has 19 heavy (non-hydrogen) atoms. The van der Waals surface area contributed by atoms with E-state index >= 15 is 0 Å². The lowest BCUT2D eigenvalue weighted by Gasteiger charge is -2.09. The smallest absolute Gasteiger partial charge is 0.190 e. The molecule has 0 aliphatic heterocycles. The molecule has 0 fully saturated rings. The van der Waals surface area contributed by atoms with Crippen molar-refractivity contribution in [2.75, 3.05) is 6.61 Å². The molecule has 0 saturated carbocycles. The van der Waals surface area contributed by atoms with Gasteiger partial charge in [-0.05, 0) is 24.6 Å². The third-order valence-corrected chi connectivity index (χ3v) is 3.71. The number of aromatic nitrogens is 1. The molecule has 6 heteroatoms. The first-order valence-corrected chi connectivity index (χ1v) is 6.69. The van der Waals surface area contributed by atoms with Crippen molar-refractivity contribution in [2.45, 2.75) is 19.9 Å². The molecule has 0 aliphatic carbocycles. The van der Waals surface area contributed by atoms with Crippen molar-refractivity contribution in [3.05, 3.63) is 45.4 Å². The van der Waals surface area contributed by atoms with E-state index in [0.717, 1.165) is 10.6 Å². The van der Waals surface area contributed by atoms with Crippen LogP contribution in [0.1, 0.15) is 16.1 Å². The minimum atomic E-state index is -0.721. The second-order valence-electron chi connectivity index (χ2n) is 4.05. The fourth-order valence-corrected chi connectivity index (χ4v) is 2.44. The lowest BCUT2D eigenvalue weighted by atomic mass is 10.2. The molecule has 1 heterocycles. The van der Waals surface area contributed by atoms with Crippen LogP contribution >= 0.6 is 11.3 Å². The second-order valence-corrected chi connectivity index (χ2v) is 4.99. The van der Waals surface area contributed by atoms with Gasteiger partial charge < -0.3 is 10.5 Å². The van der Waals surface area contributed by atoms with Gasteiger partial charge in [0.05, 0.1) is 17.8 Å². The first-order valence-electron chi connectivity index (χ1n) is 5.81. The number of nitrogens with two attached hydrogens (primary N) is 1. The molecule has 1 aromatic carbocycles. The molecule has 0 amide bonds. The number of ether oxygens (including phenoxy) is 1. The Morgan fingerprint density at radius 2 is 2.00 bits per heavy atom. The quantitative estimate of drug-likeness (QED) is 0.918. The Labute approximate surface area is 114 Å². The lowest BCUT2D eigenvalue weighted by Crippen LogP contribution is -2.06. The van der Waals surface area contributed by atoms with Crippen LogP contribution in [0, 0.1) is 18.6 Å². The van der Waals surface area contributed by atoms with Crippen LogP contribution in [0.2, 0.25) is 0 Å². The number of hydrogen-bond acceptors (Lipinski definition) is 4. The molecule has 0 saturated heterocycles. The largest absolute Gasteiger partial charge is 0.487 e. The zero-order chi connectivity index (χ0) is 13.8. The Hall–Kier alpha value is -1.53. The third kappa shape index (κ3) is 3.27. The zero-order valence-electron chi connectivity index (χ0n) is 10.5. The summed E-state index contributed by atoms with van der Waals surface area (Å²) in [6.45, 7) is 2.19. The van der Waals surface area contributed by atoms with Gasteiger partial charge >= 0.3 is 0 Å². The number of halogens is 2. The fraction of sp³-hybridized carbons (Fsp3) is 0.308. The van der Waals surface area contributed by atoms with Gasteiger partial charge in [-0.25, -0.2) is 13.8 Å². The molecule has 0 aliphatic rings. The van der Waals surface area contributed by atoms with Crippen LogP contribution in [0.3, 0.4) is 0 Å². The second kappa shape index (κ2) is 6.08. The van der Waals surface area contributed by atoms with E-state index in [1.807, 2.05) is 6.92 Å². The summed E-state index contributed by atoms with van der Waals surface area (Å²) >= 11 is 1.50. The van der Waals surface area contributed by atoms with Crippen molar-refractivity contribution < 1.29 is 13.5 Å². The molecule has 102 valence electrons. The van der Waals surface area contributed by atoms with Crippen LogP contribution in [0.15, 0.2) is 17.6 Å². The van der Waals surface area contributed by atoms with E-state index in [1.54, 1.807) is 5.51 Å².